The second kappa shape index (κ2) is 10.6. The van der Waals surface area contributed by atoms with Gasteiger partial charge in [-0.1, -0.05) is 13.8 Å². The molecule has 0 aromatic rings. The number of nitrogens with zero attached hydrogens (tertiary/aromatic N) is 2. The number of carbonyl (C=O) groups is 2. The average molecular weight is 290 g/mol. The molecule has 3 N–H and O–H groups in total. The predicted octanol–water partition coefficient (Wildman–Crippen LogP) is -1.19. The van der Waals surface area contributed by atoms with Gasteiger partial charge < -0.3 is 25.1 Å². The average Bonchev–Trinajstić information content (AvgIpc) is 2.44. The van der Waals surface area contributed by atoms with Gasteiger partial charge in [0.05, 0.1) is 19.3 Å². The zero-order chi connectivity index (χ0) is 15.5. The Hall–Kier alpha value is -1.18. The first-order valence-corrected chi connectivity index (χ1v) is 6.95. The van der Waals surface area contributed by atoms with Gasteiger partial charge in [0.25, 0.3) is 0 Å². The zero-order valence-corrected chi connectivity index (χ0v) is 12.3. The minimum absolute atomic E-state index is 0.0617. The lowest BCUT2D eigenvalue weighted by Crippen LogP contribution is -2.45. The molecule has 0 rings (SSSR count). The lowest BCUT2D eigenvalue weighted by molar-refractivity contribution is -0.135. The van der Waals surface area contributed by atoms with Crippen LogP contribution >= 0.6 is 0 Å². The third-order valence-electron chi connectivity index (χ3n) is 2.91. The van der Waals surface area contributed by atoms with E-state index in [1.54, 1.807) is 13.8 Å². The lowest BCUT2D eigenvalue weighted by Gasteiger charge is -2.28. The molecule has 118 valence electrons. The first-order chi connectivity index (χ1) is 9.49. The van der Waals surface area contributed by atoms with Crippen molar-refractivity contribution in [2.45, 2.75) is 32.8 Å². The summed E-state index contributed by atoms with van der Waals surface area (Å²) < 4.78 is 0. The van der Waals surface area contributed by atoms with Crippen LogP contribution < -0.4 is 0 Å². The summed E-state index contributed by atoms with van der Waals surface area (Å²) in [4.78, 5) is 26.0. The molecule has 0 bridgehead atoms. The van der Waals surface area contributed by atoms with E-state index in [0.29, 0.717) is 12.8 Å². The second-order valence-corrected chi connectivity index (χ2v) is 4.49. The second-order valence-electron chi connectivity index (χ2n) is 4.49. The van der Waals surface area contributed by atoms with Crippen LogP contribution in [-0.2, 0) is 9.59 Å². The standard InChI is InChI=1S/C13H26N2O5/c1-3-12(19)14(5-7-16)9-11(18)10-15(6-8-17)13(20)4-2/h11,16-18H,3-10H2,1-2H3. The van der Waals surface area contributed by atoms with E-state index >= 15 is 0 Å². The maximum atomic E-state index is 11.6. The van der Waals surface area contributed by atoms with Crippen molar-refractivity contribution in [1.29, 1.82) is 0 Å². The highest BCUT2D eigenvalue weighted by atomic mass is 16.3. The summed E-state index contributed by atoms with van der Waals surface area (Å²) in [6.07, 6.45) is -0.318. The van der Waals surface area contributed by atoms with Crippen LogP contribution in [0.15, 0.2) is 0 Å². The molecule has 0 radical (unpaired) electrons. The van der Waals surface area contributed by atoms with Crippen molar-refractivity contribution in [3.63, 3.8) is 0 Å². The summed E-state index contributed by atoms with van der Waals surface area (Å²) in [5, 5.41) is 27.8. The maximum absolute atomic E-state index is 11.6. The molecular weight excluding hydrogens is 264 g/mol. The Labute approximate surface area is 119 Å². The fourth-order valence-electron chi connectivity index (χ4n) is 1.89. The molecular formula is C13H26N2O5. The lowest BCUT2D eigenvalue weighted by atomic mass is 10.2. The molecule has 20 heavy (non-hydrogen) atoms. The molecule has 0 saturated carbocycles. The Bertz CT molecular complexity index is 270. The van der Waals surface area contributed by atoms with Crippen LogP contribution in [-0.4, -0.2) is 82.4 Å². The Kier molecular flexibility index (Phi) is 9.96. The quantitative estimate of drug-likeness (QED) is 0.469. The van der Waals surface area contributed by atoms with Gasteiger partial charge >= 0.3 is 0 Å². The first kappa shape index (κ1) is 18.8. The molecule has 0 heterocycles. The van der Waals surface area contributed by atoms with E-state index < -0.39 is 6.10 Å². The summed E-state index contributed by atoms with van der Waals surface area (Å²) in [5.74, 6) is -0.317. The smallest absolute Gasteiger partial charge is 0.222 e. The van der Waals surface area contributed by atoms with Gasteiger partial charge in [0.15, 0.2) is 0 Å². The molecule has 2 amide bonds. The monoisotopic (exact) mass is 290 g/mol. The summed E-state index contributed by atoms with van der Waals surface area (Å²) in [6, 6.07) is 0. The van der Waals surface area contributed by atoms with E-state index in [-0.39, 0.29) is 51.2 Å². The molecule has 0 fully saturated rings. The molecule has 7 heteroatoms. The molecule has 0 aliphatic heterocycles. The van der Waals surface area contributed by atoms with Gasteiger partial charge in [-0.15, -0.1) is 0 Å². The van der Waals surface area contributed by atoms with Crippen LogP contribution in [0.2, 0.25) is 0 Å². The van der Waals surface area contributed by atoms with Crippen LogP contribution in [0.1, 0.15) is 26.7 Å². The van der Waals surface area contributed by atoms with Crippen molar-refractivity contribution in [1.82, 2.24) is 9.80 Å². The highest BCUT2D eigenvalue weighted by molar-refractivity contribution is 5.76. The number of aliphatic hydroxyl groups excluding tert-OH is 3. The van der Waals surface area contributed by atoms with E-state index in [4.69, 9.17) is 10.2 Å². The van der Waals surface area contributed by atoms with Crippen LogP contribution in [0.5, 0.6) is 0 Å². The van der Waals surface area contributed by atoms with Crippen LogP contribution in [0.3, 0.4) is 0 Å². The number of hydrogen-bond donors (Lipinski definition) is 3. The van der Waals surface area contributed by atoms with Gasteiger partial charge in [-0.3, -0.25) is 9.59 Å². The normalized spacial score (nSPS) is 10.7. The Morgan fingerprint density at radius 1 is 0.900 bits per heavy atom. The Balaban J connectivity index is 4.50. The van der Waals surface area contributed by atoms with Gasteiger partial charge in [-0.2, -0.15) is 0 Å². The fraction of sp³-hybridized carbons (Fsp3) is 0.846. The first-order valence-electron chi connectivity index (χ1n) is 6.95. The molecule has 0 aromatic heterocycles. The molecule has 0 saturated heterocycles. The summed E-state index contributed by atoms with van der Waals surface area (Å²) >= 11 is 0. The third kappa shape index (κ3) is 6.83. The number of amides is 2. The molecule has 0 aliphatic carbocycles. The van der Waals surface area contributed by atoms with Gasteiger partial charge in [0.1, 0.15) is 0 Å². The molecule has 0 atom stereocenters. The molecule has 0 spiro atoms. The van der Waals surface area contributed by atoms with E-state index in [0.717, 1.165) is 0 Å². The van der Waals surface area contributed by atoms with Crippen LogP contribution in [0.4, 0.5) is 0 Å². The summed E-state index contributed by atoms with van der Waals surface area (Å²) in [5.41, 5.74) is 0. The van der Waals surface area contributed by atoms with Crippen molar-refractivity contribution >= 4 is 11.8 Å². The third-order valence-corrected chi connectivity index (χ3v) is 2.91. The number of carbonyl (C=O) groups excluding carboxylic acids is 2. The largest absolute Gasteiger partial charge is 0.395 e. The number of aliphatic hydroxyl groups is 3. The van der Waals surface area contributed by atoms with Crippen molar-refractivity contribution in [2.75, 3.05) is 39.4 Å². The molecule has 0 aliphatic rings. The Morgan fingerprint density at radius 3 is 1.50 bits per heavy atom. The van der Waals surface area contributed by atoms with Crippen molar-refractivity contribution < 1.29 is 24.9 Å². The molecule has 0 aromatic carbocycles. The predicted molar refractivity (Wildman–Crippen MR) is 73.9 cm³/mol. The fourth-order valence-corrected chi connectivity index (χ4v) is 1.89. The highest BCUT2D eigenvalue weighted by Gasteiger charge is 2.20. The van der Waals surface area contributed by atoms with Crippen molar-refractivity contribution in [3.05, 3.63) is 0 Å². The minimum atomic E-state index is -0.904. The van der Waals surface area contributed by atoms with Crippen LogP contribution in [0.25, 0.3) is 0 Å². The SMILES string of the molecule is CCC(=O)N(CCO)CC(O)CN(CCO)C(=O)CC. The summed E-state index contributed by atoms with van der Waals surface area (Å²) in [7, 11) is 0. The summed E-state index contributed by atoms with van der Waals surface area (Å²) in [6.45, 7) is 3.50. The maximum Gasteiger partial charge on any atom is 0.222 e. The number of rotatable bonds is 10. The minimum Gasteiger partial charge on any atom is -0.395 e. The highest BCUT2D eigenvalue weighted by Crippen LogP contribution is 2.01. The van der Waals surface area contributed by atoms with Gasteiger partial charge in [0.2, 0.25) is 11.8 Å². The molecule has 7 nitrogen and oxygen atoms in total. The van der Waals surface area contributed by atoms with Crippen LogP contribution in [0, 0.1) is 0 Å². The molecule has 0 unspecified atom stereocenters. The number of hydrogen-bond acceptors (Lipinski definition) is 5. The van der Waals surface area contributed by atoms with Gasteiger partial charge in [0, 0.05) is 39.0 Å². The van der Waals surface area contributed by atoms with Gasteiger partial charge in [-0.25, -0.2) is 0 Å². The van der Waals surface area contributed by atoms with E-state index in [1.807, 2.05) is 0 Å². The van der Waals surface area contributed by atoms with Gasteiger partial charge in [-0.05, 0) is 0 Å². The van der Waals surface area contributed by atoms with Crippen molar-refractivity contribution in [2.24, 2.45) is 0 Å². The van der Waals surface area contributed by atoms with E-state index in [2.05, 4.69) is 0 Å². The van der Waals surface area contributed by atoms with Crippen molar-refractivity contribution in [3.8, 4) is 0 Å². The topological polar surface area (TPSA) is 101 Å². The van der Waals surface area contributed by atoms with E-state index in [1.165, 1.54) is 9.80 Å². The van der Waals surface area contributed by atoms with E-state index in [9.17, 15) is 14.7 Å². The zero-order valence-electron chi connectivity index (χ0n) is 12.3. The Morgan fingerprint density at radius 2 is 1.25 bits per heavy atom.